The first kappa shape index (κ1) is 21.7. The van der Waals surface area contributed by atoms with E-state index in [4.69, 9.17) is 9.47 Å². The van der Waals surface area contributed by atoms with Crippen LogP contribution in [0.5, 0.6) is 11.5 Å². The Morgan fingerprint density at radius 2 is 1.59 bits per heavy atom. The standard InChI is InChI=1S/C28H29NO3/c1-5-29(6-2)23-13-11-21(12-14-23)17-26-27(30)24-15-16-25(20(4)28(24)32-26)31-18-22-9-7-19(3)8-10-22/h7-17H,5-6,18H2,1-4H3/b26-17-. The van der Waals surface area contributed by atoms with Crippen LogP contribution in [0.1, 0.15) is 46.5 Å². The molecule has 4 nitrogen and oxygen atoms in total. The highest BCUT2D eigenvalue weighted by Gasteiger charge is 2.30. The van der Waals surface area contributed by atoms with Crippen molar-refractivity contribution in [1.82, 2.24) is 0 Å². The van der Waals surface area contributed by atoms with Crippen molar-refractivity contribution in [3.05, 3.63) is 94.2 Å². The van der Waals surface area contributed by atoms with Crippen molar-refractivity contribution >= 4 is 17.5 Å². The first-order valence-corrected chi connectivity index (χ1v) is 11.1. The fourth-order valence-electron chi connectivity index (χ4n) is 3.89. The molecule has 4 heteroatoms. The number of allylic oxidation sites excluding steroid dienone is 1. The van der Waals surface area contributed by atoms with Crippen LogP contribution in [0.4, 0.5) is 5.69 Å². The van der Waals surface area contributed by atoms with Gasteiger partial charge < -0.3 is 14.4 Å². The number of Topliss-reactive ketones (excluding diaryl/α,β-unsaturated/α-hetero) is 1. The molecule has 3 aromatic rings. The Morgan fingerprint density at radius 3 is 2.25 bits per heavy atom. The molecule has 0 spiro atoms. The highest BCUT2D eigenvalue weighted by molar-refractivity contribution is 6.15. The first-order valence-electron chi connectivity index (χ1n) is 11.1. The lowest BCUT2D eigenvalue weighted by molar-refractivity contribution is 0.101. The summed E-state index contributed by atoms with van der Waals surface area (Å²) < 4.78 is 12.0. The van der Waals surface area contributed by atoms with Crippen LogP contribution in [-0.4, -0.2) is 18.9 Å². The molecule has 0 aromatic heterocycles. The van der Waals surface area contributed by atoms with Crippen LogP contribution in [0.2, 0.25) is 0 Å². The molecule has 0 N–H and O–H groups in total. The number of fused-ring (bicyclic) bond motifs is 1. The van der Waals surface area contributed by atoms with Gasteiger partial charge in [-0.1, -0.05) is 42.0 Å². The molecule has 0 saturated heterocycles. The van der Waals surface area contributed by atoms with Crippen molar-refractivity contribution in [3.8, 4) is 11.5 Å². The molecular weight excluding hydrogens is 398 g/mol. The minimum absolute atomic E-state index is 0.0963. The Bertz CT molecular complexity index is 1140. The minimum atomic E-state index is -0.0963. The Labute approximate surface area is 190 Å². The van der Waals surface area contributed by atoms with E-state index in [1.54, 1.807) is 12.1 Å². The van der Waals surface area contributed by atoms with E-state index in [1.807, 2.05) is 25.1 Å². The van der Waals surface area contributed by atoms with Crippen LogP contribution in [0.3, 0.4) is 0 Å². The fourth-order valence-corrected chi connectivity index (χ4v) is 3.89. The van der Waals surface area contributed by atoms with Crippen molar-refractivity contribution in [1.29, 1.82) is 0 Å². The smallest absolute Gasteiger partial charge is 0.231 e. The van der Waals surface area contributed by atoms with Crippen molar-refractivity contribution in [2.45, 2.75) is 34.3 Å². The van der Waals surface area contributed by atoms with E-state index in [1.165, 1.54) is 11.3 Å². The molecule has 3 aromatic carbocycles. The van der Waals surface area contributed by atoms with Crippen LogP contribution in [0.25, 0.3) is 6.08 Å². The van der Waals surface area contributed by atoms with Crippen LogP contribution < -0.4 is 14.4 Å². The Balaban J connectivity index is 1.51. The number of carbonyl (C=O) groups excluding carboxylic acids is 1. The first-order chi connectivity index (χ1) is 15.5. The van der Waals surface area contributed by atoms with Gasteiger partial charge in [0.15, 0.2) is 5.76 Å². The number of ether oxygens (including phenoxy) is 2. The third-order valence-corrected chi connectivity index (χ3v) is 5.87. The average Bonchev–Trinajstić information content (AvgIpc) is 3.12. The van der Waals surface area contributed by atoms with Gasteiger partial charge in [-0.3, -0.25) is 4.79 Å². The maximum Gasteiger partial charge on any atom is 0.231 e. The van der Waals surface area contributed by atoms with Gasteiger partial charge in [0.1, 0.15) is 18.1 Å². The van der Waals surface area contributed by atoms with E-state index >= 15 is 0 Å². The number of rotatable bonds is 7. The molecule has 0 amide bonds. The van der Waals surface area contributed by atoms with Crippen molar-refractivity contribution in [3.63, 3.8) is 0 Å². The predicted molar refractivity (Wildman–Crippen MR) is 130 cm³/mol. The molecule has 4 rings (SSSR count). The van der Waals surface area contributed by atoms with Crippen molar-refractivity contribution in [2.75, 3.05) is 18.0 Å². The highest BCUT2D eigenvalue weighted by atomic mass is 16.5. The zero-order chi connectivity index (χ0) is 22.7. The van der Waals surface area contributed by atoms with Crippen molar-refractivity contribution in [2.24, 2.45) is 0 Å². The summed E-state index contributed by atoms with van der Waals surface area (Å²) in [6.45, 7) is 10.7. The van der Waals surface area contributed by atoms with Gasteiger partial charge in [-0.05, 0) is 69.2 Å². The Morgan fingerprint density at radius 1 is 0.906 bits per heavy atom. The van der Waals surface area contributed by atoms with Gasteiger partial charge in [0.05, 0.1) is 5.56 Å². The summed E-state index contributed by atoms with van der Waals surface area (Å²) in [7, 11) is 0. The summed E-state index contributed by atoms with van der Waals surface area (Å²) in [5.74, 6) is 1.56. The second-order valence-electron chi connectivity index (χ2n) is 8.04. The van der Waals surface area contributed by atoms with E-state index < -0.39 is 0 Å². The Kier molecular flexibility index (Phi) is 6.31. The number of aryl methyl sites for hydroxylation is 1. The number of nitrogens with zero attached hydrogens (tertiary/aromatic N) is 1. The van der Waals surface area contributed by atoms with Gasteiger partial charge in [-0.15, -0.1) is 0 Å². The molecular formula is C28H29NO3. The van der Waals surface area contributed by atoms with E-state index in [0.29, 0.717) is 23.7 Å². The van der Waals surface area contributed by atoms with Gasteiger partial charge in [0.25, 0.3) is 0 Å². The normalized spacial score (nSPS) is 13.8. The van der Waals surface area contributed by atoms with Crippen LogP contribution in [-0.2, 0) is 6.61 Å². The zero-order valence-electron chi connectivity index (χ0n) is 19.1. The average molecular weight is 428 g/mol. The zero-order valence-corrected chi connectivity index (χ0v) is 19.1. The number of hydrogen-bond donors (Lipinski definition) is 0. The predicted octanol–water partition coefficient (Wildman–Crippen LogP) is 6.34. The molecule has 0 radical (unpaired) electrons. The molecule has 164 valence electrons. The summed E-state index contributed by atoms with van der Waals surface area (Å²) in [5, 5.41) is 0. The second kappa shape index (κ2) is 9.31. The summed E-state index contributed by atoms with van der Waals surface area (Å²) in [4.78, 5) is 15.2. The van der Waals surface area contributed by atoms with Gasteiger partial charge >= 0.3 is 0 Å². The molecule has 0 unspecified atom stereocenters. The maximum atomic E-state index is 12.9. The van der Waals surface area contributed by atoms with E-state index in [0.717, 1.165) is 35.5 Å². The van der Waals surface area contributed by atoms with Crippen LogP contribution >= 0.6 is 0 Å². The van der Waals surface area contributed by atoms with E-state index in [9.17, 15) is 4.79 Å². The molecule has 0 bridgehead atoms. The van der Waals surface area contributed by atoms with E-state index in [-0.39, 0.29) is 5.78 Å². The lowest BCUT2D eigenvalue weighted by Crippen LogP contribution is -2.21. The molecule has 0 fully saturated rings. The van der Waals surface area contributed by atoms with Gasteiger partial charge in [0.2, 0.25) is 5.78 Å². The summed E-state index contributed by atoms with van der Waals surface area (Å²) in [6, 6.07) is 20.1. The number of hydrogen-bond acceptors (Lipinski definition) is 4. The van der Waals surface area contributed by atoms with E-state index in [2.05, 4.69) is 62.1 Å². The number of benzene rings is 3. The summed E-state index contributed by atoms with van der Waals surface area (Å²) in [6.07, 6.45) is 1.81. The Hall–Kier alpha value is -3.53. The van der Waals surface area contributed by atoms with Gasteiger partial charge in [-0.2, -0.15) is 0 Å². The maximum absolute atomic E-state index is 12.9. The molecule has 1 heterocycles. The highest BCUT2D eigenvalue weighted by Crippen LogP contribution is 2.39. The van der Waals surface area contributed by atoms with Crippen molar-refractivity contribution < 1.29 is 14.3 Å². The third-order valence-electron chi connectivity index (χ3n) is 5.87. The molecule has 0 aliphatic carbocycles. The quantitative estimate of drug-likeness (QED) is 0.412. The third kappa shape index (κ3) is 4.40. The van der Waals surface area contributed by atoms with Gasteiger partial charge in [0, 0.05) is 24.3 Å². The summed E-state index contributed by atoms with van der Waals surface area (Å²) >= 11 is 0. The SMILES string of the molecule is CCN(CC)c1ccc(/C=C2\Oc3c(ccc(OCc4ccc(C)cc4)c3C)C2=O)cc1. The number of ketones is 1. The fraction of sp³-hybridized carbons (Fsp3) is 0.250. The molecule has 0 saturated carbocycles. The minimum Gasteiger partial charge on any atom is -0.488 e. The topological polar surface area (TPSA) is 38.8 Å². The molecule has 0 atom stereocenters. The van der Waals surface area contributed by atoms with Gasteiger partial charge in [-0.25, -0.2) is 0 Å². The lowest BCUT2D eigenvalue weighted by atomic mass is 10.1. The molecule has 1 aliphatic rings. The molecule has 32 heavy (non-hydrogen) atoms. The van der Waals surface area contributed by atoms with Crippen LogP contribution in [0, 0.1) is 13.8 Å². The largest absolute Gasteiger partial charge is 0.488 e. The monoisotopic (exact) mass is 427 g/mol. The van der Waals surface area contributed by atoms with Crippen LogP contribution in [0.15, 0.2) is 66.4 Å². The number of carbonyl (C=O) groups is 1. The molecule has 1 aliphatic heterocycles. The second-order valence-corrected chi connectivity index (χ2v) is 8.04. The number of anilines is 1. The lowest BCUT2D eigenvalue weighted by Gasteiger charge is -2.20. The summed E-state index contributed by atoms with van der Waals surface area (Å²) in [5.41, 5.74) is 5.84.